The number of fused-ring (bicyclic) bond motifs is 1. The van der Waals surface area contributed by atoms with Crippen LogP contribution in [0.5, 0.6) is 11.5 Å². The Morgan fingerprint density at radius 1 is 0.767 bits per heavy atom. The van der Waals surface area contributed by atoms with Gasteiger partial charge in [0.25, 0.3) is 0 Å². The maximum Gasteiger partial charge on any atom is 0.127 e. The van der Waals surface area contributed by atoms with Crippen LogP contribution >= 0.6 is 24.8 Å². The van der Waals surface area contributed by atoms with Crippen molar-refractivity contribution in [1.29, 1.82) is 0 Å². The van der Waals surface area contributed by atoms with Crippen LogP contribution in [0.4, 0.5) is 5.69 Å². The average Bonchev–Trinajstić information content (AvgIpc) is 2.74. The number of benzene rings is 3. The molecule has 1 heterocycles. The number of rotatable bonds is 7. The van der Waals surface area contributed by atoms with Crippen molar-refractivity contribution in [2.75, 3.05) is 32.0 Å². The Morgan fingerprint density at radius 2 is 1.47 bits per heavy atom. The molecule has 0 saturated carbocycles. The highest BCUT2D eigenvalue weighted by Crippen LogP contribution is 2.29. The molecule has 2 N–H and O–H groups in total. The highest BCUT2D eigenvalue weighted by Gasteiger charge is 2.09. The fraction of sp³-hybridized carbons (Fsp3) is 0.333. The molecule has 4 rings (SSSR count). The maximum absolute atomic E-state index is 6.06. The first kappa shape index (κ1) is 24.1. The molecule has 6 heteroatoms. The van der Waals surface area contributed by atoms with Crippen molar-refractivity contribution in [2.24, 2.45) is 0 Å². The Kier molecular flexibility index (Phi) is 9.57. The molecule has 0 atom stereocenters. The van der Waals surface area contributed by atoms with E-state index in [9.17, 15) is 0 Å². The van der Waals surface area contributed by atoms with E-state index in [-0.39, 0.29) is 24.8 Å². The van der Waals surface area contributed by atoms with E-state index in [0.717, 1.165) is 46.7 Å². The van der Waals surface area contributed by atoms with Gasteiger partial charge in [0, 0.05) is 23.0 Å². The van der Waals surface area contributed by atoms with Crippen molar-refractivity contribution in [3.05, 3.63) is 66.2 Å². The van der Waals surface area contributed by atoms with E-state index in [4.69, 9.17) is 15.2 Å². The molecule has 1 fully saturated rings. The zero-order valence-electron chi connectivity index (χ0n) is 17.1. The molecule has 3 aromatic rings. The fourth-order valence-corrected chi connectivity index (χ4v) is 3.75. The third-order valence-corrected chi connectivity index (χ3v) is 5.36. The predicted octanol–water partition coefficient (Wildman–Crippen LogP) is 5.71. The second-order valence-corrected chi connectivity index (χ2v) is 7.38. The lowest BCUT2D eigenvalue weighted by molar-refractivity contribution is 0.183. The molecule has 0 radical (unpaired) electrons. The van der Waals surface area contributed by atoms with E-state index in [1.54, 1.807) is 0 Å². The highest BCUT2D eigenvalue weighted by molar-refractivity contribution is 5.96. The van der Waals surface area contributed by atoms with E-state index >= 15 is 0 Å². The lowest BCUT2D eigenvalue weighted by Gasteiger charge is -2.26. The Morgan fingerprint density at radius 3 is 2.23 bits per heavy atom. The number of nitrogen functional groups attached to an aromatic ring is 1. The van der Waals surface area contributed by atoms with Crippen molar-refractivity contribution >= 4 is 41.3 Å². The van der Waals surface area contributed by atoms with Crippen molar-refractivity contribution in [2.45, 2.75) is 25.9 Å². The smallest absolute Gasteiger partial charge is 0.127 e. The van der Waals surface area contributed by atoms with E-state index in [0.29, 0.717) is 6.61 Å². The molecule has 3 aromatic carbocycles. The topological polar surface area (TPSA) is 47.7 Å². The van der Waals surface area contributed by atoms with Gasteiger partial charge in [0.2, 0.25) is 0 Å². The molecule has 0 bridgehead atoms. The zero-order valence-corrected chi connectivity index (χ0v) is 18.7. The van der Waals surface area contributed by atoms with Crippen LogP contribution in [0.2, 0.25) is 0 Å². The second kappa shape index (κ2) is 11.9. The van der Waals surface area contributed by atoms with Gasteiger partial charge >= 0.3 is 0 Å². The van der Waals surface area contributed by atoms with Crippen LogP contribution in [0.1, 0.15) is 24.8 Å². The number of nitrogens with two attached hydrogens (primary N) is 1. The van der Waals surface area contributed by atoms with Gasteiger partial charge in [-0.25, -0.2) is 0 Å². The molecule has 0 spiro atoms. The van der Waals surface area contributed by atoms with Gasteiger partial charge in [0.1, 0.15) is 24.7 Å². The zero-order chi connectivity index (χ0) is 19.2. The third-order valence-electron chi connectivity index (χ3n) is 5.36. The van der Waals surface area contributed by atoms with Crippen LogP contribution in [0.25, 0.3) is 10.8 Å². The highest BCUT2D eigenvalue weighted by atomic mass is 35.5. The van der Waals surface area contributed by atoms with Crippen LogP contribution in [-0.2, 0) is 6.61 Å². The summed E-state index contributed by atoms with van der Waals surface area (Å²) in [5, 5.41) is 2.07. The summed E-state index contributed by atoms with van der Waals surface area (Å²) in [5.41, 5.74) is 7.95. The molecule has 0 unspecified atom stereocenters. The van der Waals surface area contributed by atoms with Crippen LogP contribution in [0.15, 0.2) is 60.7 Å². The summed E-state index contributed by atoms with van der Waals surface area (Å²) < 4.78 is 12.0. The Labute approximate surface area is 191 Å². The van der Waals surface area contributed by atoms with Gasteiger partial charge in [-0.3, -0.25) is 4.90 Å². The average molecular weight is 449 g/mol. The molecule has 1 aliphatic rings. The minimum absolute atomic E-state index is 0. The van der Waals surface area contributed by atoms with Crippen LogP contribution in [0.3, 0.4) is 0 Å². The van der Waals surface area contributed by atoms with Crippen molar-refractivity contribution in [1.82, 2.24) is 4.90 Å². The largest absolute Gasteiger partial charge is 0.492 e. The Hall–Kier alpha value is -2.14. The van der Waals surface area contributed by atoms with E-state index in [1.165, 1.54) is 32.4 Å². The number of nitrogens with zero attached hydrogens (tertiary/aromatic N) is 1. The molecular weight excluding hydrogens is 419 g/mol. The third kappa shape index (κ3) is 6.18. The molecule has 162 valence electrons. The van der Waals surface area contributed by atoms with E-state index in [2.05, 4.69) is 17.0 Å². The van der Waals surface area contributed by atoms with Gasteiger partial charge < -0.3 is 15.2 Å². The van der Waals surface area contributed by atoms with Gasteiger partial charge in [-0.05, 0) is 55.8 Å². The molecule has 0 aromatic heterocycles. The van der Waals surface area contributed by atoms with Crippen molar-refractivity contribution in [3.63, 3.8) is 0 Å². The first-order valence-electron chi connectivity index (χ1n) is 10.1. The number of hydrogen-bond donors (Lipinski definition) is 1. The maximum atomic E-state index is 6.06. The SMILES string of the molecule is Cl.Cl.Nc1cccc2c(OCc3ccc(OCCN4CCCCC4)cc3)cccc12. The number of piperidine rings is 1. The molecule has 1 aliphatic heterocycles. The number of ether oxygens (including phenoxy) is 2. The van der Waals surface area contributed by atoms with Crippen LogP contribution < -0.4 is 15.2 Å². The number of hydrogen-bond acceptors (Lipinski definition) is 4. The minimum Gasteiger partial charge on any atom is -0.492 e. The summed E-state index contributed by atoms with van der Waals surface area (Å²) in [6.45, 7) is 4.68. The Bertz CT molecular complexity index is 913. The summed E-state index contributed by atoms with van der Waals surface area (Å²) in [7, 11) is 0. The first-order valence-corrected chi connectivity index (χ1v) is 10.1. The monoisotopic (exact) mass is 448 g/mol. The summed E-state index contributed by atoms with van der Waals surface area (Å²) in [5.74, 6) is 1.77. The van der Waals surface area contributed by atoms with Gasteiger partial charge in [-0.2, -0.15) is 0 Å². The molecule has 1 saturated heterocycles. The van der Waals surface area contributed by atoms with Gasteiger partial charge in [0.15, 0.2) is 0 Å². The molecule has 30 heavy (non-hydrogen) atoms. The summed E-state index contributed by atoms with van der Waals surface area (Å²) >= 11 is 0. The summed E-state index contributed by atoms with van der Waals surface area (Å²) in [6.07, 6.45) is 4.00. The minimum atomic E-state index is 0. The van der Waals surface area contributed by atoms with E-state index in [1.807, 2.05) is 48.5 Å². The molecule has 0 amide bonds. The second-order valence-electron chi connectivity index (χ2n) is 7.38. The van der Waals surface area contributed by atoms with Crippen molar-refractivity contribution < 1.29 is 9.47 Å². The standard InChI is InChI=1S/C24H28N2O2.2ClH/c25-23-8-4-7-22-21(23)6-5-9-24(22)28-18-19-10-12-20(13-11-19)27-17-16-26-14-2-1-3-15-26;;/h4-13H,1-3,14-18,25H2;2*1H. The van der Waals surface area contributed by atoms with Gasteiger partial charge in [0.05, 0.1) is 0 Å². The lowest BCUT2D eigenvalue weighted by Crippen LogP contribution is -2.33. The predicted molar refractivity (Wildman–Crippen MR) is 129 cm³/mol. The quantitative estimate of drug-likeness (QED) is 0.470. The lowest BCUT2D eigenvalue weighted by atomic mass is 10.1. The fourth-order valence-electron chi connectivity index (χ4n) is 3.75. The summed E-state index contributed by atoms with van der Waals surface area (Å²) in [6, 6.07) is 20.1. The van der Waals surface area contributed by atoms with Crippen LogP contribution in [0, 0.1) is 0 Å². The molecule has 4 nitrogen and oxygen atoms in total. The van der Waals surface area contributed by atoms with Crippen LogP contribution in [-0.4, -0.2) is 31.1 Å². The summed E-state index contributed by atoms with van der Waals surface area (Å²) in [4.78, 5) is 2.49. The van der Waals surface area contributed by atoms with Gasteiger partial charge in [-0.1, -0.05) is 42.8 Å². The first-order chi connectivity index (χ1) is 13.8. The Balaban J connectivity index is 0.00000160. The number of halogens is 2. The number of anilines is 1. The van der Waals surface area contributed by atoms with Crippen molar-refractivity contribution in [3.8, 4) is 11.5 Å². The molecular formula is C24H30Cl2N2O2. The normalized spacial score (nSPS) is 13.9. The molecule has 0 aliphatic carbocycles. The number of likely N-dealkylation sites (tertiary alicyclic amines) is 1. The van der Waals surface area contributed by atoms with E-state index < -0.39 is 0 Å². The van der Waals surface area contributed by atoms with Gasteiger partial charge in [-0.15, -0.1) is 24.8 Å².